The molecule has 0 aromatic heterocycles. The van der Waals surface area contributed by atoms with Gasteiger partial charge in [-0.25, -0.2) is 0 Å². The SMILES string of the molecule is NC(c1ccccc1Cl)C1CSCCO1. The minimum atomic E-state index is -0.119. The molecule has 15 heavy (non-hydrogen) atoms. The zero-order chi connectivity index (χ0) is 10.7. The molecule has 1 aliphatic rings. The second kappa shape index (κ2) is 5.21. The highest BCUT2D eigenvalue weighted by molar-refractivity contribution is 7.99. The summed E-state index contributed by atoms with van der Waals surface area (Å²) < 4.78 is 5.64. The van der Waals surface area contributed by atoms with Crippen molar-refractivity contribution >= 4 is 23.4 Å². The van der Waals surface area contributed by atoms with Crippen LogP contribution in [0.3, 0.4) is 0 Å². The van der Waals surface area contributed by atoms with Crippen LogP contribution in [-0.4, -0.2) is 24.2 Å². The minimum Gasteiger partial charge on any atom is -0.375 e. The lowest BCUT2D eigenvalue weighted by molar-refractivity contribution is 0.0569. The maximum atomic E-state index is 6.15. The van der Waals surface area contributed by atoms with Gasteiger partial charge in [0.05, 0.1) is 18.8 Å². The topological polar surface area (TPSA) is 35.2 Å². The number of ether oxygens (including phenoxy) is 1. The van der Waals surface area contributed by atoms with Crippen LogP contribution in [0, 0.1) is 0 Å². The van der Waals surface area contributed by atoms with E-state index in [2.05, 4.69) is 0 Å². The Hall–Kier alpha value is -0.220. The average molecular weight is 244 g/mol. The summed E-state index contributed by atoms with van der Waals surface area (Å²) in [4.78, 5) is 0. The van der Waals surface area contributed by atoms with E-state index in [1.807, 2.05) is 36.0 Å². The van der Waals surface area contributed by atoms with Crippen LogP contribution >= 0.6 is 23.4 Å². The Bertz CT molecular complexity index is 328. The highest BCUT2D eigenvalue weighted by atomic mass is 35.5. The van der Waals surface area contributed by atoms with Crippen molar-refractivity contribution < 1.29 is 4.74 Å². The predicted octanol–water partition coefficient (Wildman–Crippen LogP) is 2.47. The van der Waals surface area contributed by atoms with Crippen molar-refractivity contribution in [3.8, 4) is 0 Å². The first-order valence-corrected chi connectivity index (χ1v) is 6.51. The molecular formula is C11H14ClNOS. The van der Waals surface area contributed by atoms with Crippen molar-refractivity contribution in [2.45, 2.75) is 12.1 Å². The van der Waals surface area contributed by atoms with Crippen molar-refractivity contribution in [3.63, 3.8) is 0 Å². The van der Waals surface area contributed by atoms with Gasteiger partial charge in [0.25, 0.3) is 0 Å². The summed E-state index contributed by atoms with van der Waals surface area (Å²) in [6.07, 6.45) is 0.0867. The number of halogens is 1. The fraction of sp³-hybridized carbons (Fsp3) is 0.455. The highest BCUT2D eigenvalue weighted by Gasteiger charge is 2.24. The Labute approximate surface area is 99.1 Å². The van der Waals surface area contributed by atoms with E-state index in [-0.39, 0.29) is 12.1 Å². The molecule has 1 aromatic carbocycles. The third-order valence-electron chi connectivity index (χ3n) is 2.51. The van der Waals surface area contributed by atoms with Crippen LogP contribution in [0.5, 0.6) is 0 Å². The van der Waals surface area contributed by atoms with Crippen molar-refractivity contribution in [3.05, 3.63) is 34.9 Å². The minimum absolute atomic E-state index is 0.0867. The lowest BCUT2D eigenvalue weighted by Crippen LogP contribution is -2.34. The molecule has 1 saturated heterocycles. The van der Waals surface area contributed by atoms with Crippen molar-refractivity contribution in [2.24, 2.45) is 5.73 Å². The predicted molar refractivity (Wildman–Crippen MR) is 65.4 cm³/mol. The quantitative estimate of drug-likeness (QED) is 0.867. The smallest absolute Gasteiger partial charge is 0.0858 e. The lowest BCUT2D eigenvalue weighted by Gasteiger charge is -2.28. The second-order valence-corrected chi connectivity index (χ2v) is 5.09. The Kier molecular flexibility index (Phi) is 3.92. The van der Waals surface area contributed by atoms with Gasteiger partial charge in [0.15, 0.2) is 0 Å². The molecule has 2 rings (SSSR count). The first kappa shape index (κ1) is 11.3. The summed E-state index contributed by atoms with van der Waals surface area (Å²) in [5.74, 6) is 2.01. The van der Waals surface area contributed by atoms with Gasteiger partial charge in [-0.2, -0.15) is 11.8 Å². The van der Waals surface area contributed by atoms with E-state index in [0.29, 0.717) is 0 Å². The van der Waals surface area contributed by atoms with E-state index in [4.69, 9.17) is 22.1 Å². The number of thioether (sulfide) groups is 1. The Morgan fingerprint density at radius 3 is 2.93 bits per heavy atom. The van der Waals surface area contributed by atoms with Crippen LogP contribution in [0.2, 0.25) is 5.02 Å². The van der Waals surface area contributed by atoms with Gasteiger partial charge in [0, 0.05) is 16.5 Å². The van der Waals surface area contributed by atoms with Crippen molar-refractivity contribution in [1.82, 2.24) is 0 Å². The maximum absolute atomic E-state index is 6.15. The molecule has 0 radical (unpaired) electrons. The van der Waals surface area contributed by atoms with Crippen LogP contribution in [0.4, 0.5) is 0 Å². The van der Waals surface area contributed by atoms with Gasteiger partial charge in [0.2, 0.25) is 0 Å². The molecule has 1 aliphatic heterocycles. The summed E-state index contributed by atoms with van der Waals surface area (Å²) in [6, 6.07) is 7.58. The van der Waals surface area contributed by atoms with E-state index in [9.17, 15) is 0 Å². The van der Waals surface area contributed by atoms with Crippen LogP contribution < -0.4 is 5.73 Å². The van der Waals surface area contributed by atoms with Crippen molar-refractivity contribution in [2.75, 3.05) is 18.1 Å². The molecule has 0 saturated carbocycles. The van der Waals surface area contributed by atoms with Gasteiger partial charge in [-0.05, 0) is 11.6 Å². The second-order valence-electron chi connectivity index (χ2n) is 3.53. The molecule has 0 bridgehead atoms. The average Bonchev–Trinajstić information content (AvgIpc) is 2.30. The van der Waals surface area contributed by atoms with Gasteiger partial charge in [-0.3, -0.25) is 0 Å². The number of hydrogen-bond donors (Lipinski definition) is 1. The van der Waals surface area contributed by atoms with E-state index in [1.165, 1.54) is 0 Å². The molecule has 0 aliphatic carbocycles. The van der Waals surface area contributed by atoms with Gasteiger partial charge in [-0.1, -0.05) is 29.8 Å². The van der Waals surface area contributed by atoms with Gasteiger partial charge < -0.3 is 10.5 Å². The third-order valence-corrected chi connectivity index (χ3v) is 3.87. The monoisotopic (exact) mass is 243 g/mol. The summed E-state index contributed by atoms with van der Waals surface area (Å²) in [7, 11) is 0. The highest BCUT2D eigenvalue weighted by Crippen LogP contribution is 2.28. The Balaban J connectivity index is 2.12. The first-order chi connectivity index (χ1) is 7.29. The number of benzene rings is 1. The van der Waals surface area contributed by atoms with Crippen LogP contribution in [0.1, 0.15) is 11.6 Å². The lowest BCUT2D eigenvalue weighted by atomic mass is 10.0. The largest absolute Gasteiger partial charge is 0.375 e. The van der Waals surface area contributed by atoms with Gasteiger partial charge >= 0.3 is 0 Å². The molecular weight excluding hydrogens is 230 g/mol. The fourth-order valence-corrected chi connectivity index (χ4v) is 2.84. The van der Waals surface area contributed by atoms with Crippen LogP contribution in [0.15, 0.2) is 24.3 Å². The normalized spacial score (nSPS) is 23.7. The molecule has 2 nitrogen and oxygen atoms in total. The molecule has 1 fully saturated rings. The molecule has 82 valence electrons. The maximum Gasteiger partial charge on any atom is 0.0858 e. The molecule has 2 N–H and O–H groups in total. The number of nitrogens with two attached hydrogens (primary N) is 1. The molecule has 4 heteroatoms. The van der Waals surface area contributed by atoms with Gasteiger partial charge in [-0.15, -0.1) is 0 Å². The summed E-state index contributed by atoms with van der Waals surface area (Å²) >= 11 is 7.98. The summed E-state index contributed by atoms with van der Waals surface area (Å²) in [5, 5.41) is 0.726. The van der Waals surface area contributed by atoms with E-state index in [0.717, 1.165) is 28.7 Å². The molecule has 1 aromatic rings. The zero-order valence-electron chi connectivity index (χ0n) is 8.36. The molecule has 1 heterocycles. The van der Waals surface area contributed by atoms with E-state index in [1.54, 1.807) is 0 Å². The zero-order valence-corrected chi connectivity index (χ0v) is 9.93. The van der Waals surface area contributed by atoms with Crippen molar-refractivity contribution in [1.29, 1.82) is 0 Å². The third kappa shape index (κ3) is 2.67. The molecule has 2 atom stereocenters. The molecule has 0 amide bonds. The summed E-state index contributed by atoms with van der Waals surface area (Å²) in [5.41, 5.74) is 7.13. The van der Waals surface area contributed by atoms with Crippen LogP contribution in [-0.2, 0) is 4.74 Å². The standard InChI is InChI=1S/C11H14ClNOS/c12-9-4-2-1-3-8(9)11(13)10-7-15-6-5-14-10/h1-4,10-11H,5-7,13H2. The number of rotatable bonds is 2. The Morgan fingerprint density at radius 2 is 2.27 bits per heavy atom. The fourth-order valence-electron chi connectivity index (χ4n) is 1.66. The van der Waals surface area contributed by atoms with Gasteiger partial charge in [0.1, 0.15) is 0 Å². The summed E-state index contributed by atoms with van der Waals surface area (Å²) in [6.45, 7) is 0.785. The molecule has 2 unspecified atom stereocenters. The Morgan fingerprint density at radius 1 is 1.47 bits per heavy atom. The number of hydrogen-bond acceptors (Lipinski definition) is 3. The molecule has 0 spiro atoms. The van der Waals surface area contributed by atoms with E-state index >= 15 is 0 Å². The van der Waals surface area contributed by atoms with E-state index < -0.39 is 0 Å². The van der Waals surface area contributed by atoms with Crippen LogP contribution in [0.25, 0.3) is 0 Å². The first-order valence-electron chi connectivity index (χ1n) is 4.98.